The summed E-state index contributed by atoms with van der Waals surface area (Å²) in [5.41, 5.74) is 4.70. The minimum absolute atomic E-state index is 0.230. The zero-order valence-corrected chi connectivity index (χ0v) is 5.26. The van der Waals surface area contributed by atoms with E-state index < -0.39 is 0 Å². The van der Waals surface area contributed by atoms with Gasteiger partial charge in [0.1, 0.15) is 0 Å². The fourth-order valence-electron chi connectivity index (χ4n) is 0.103. The Bertz CT molecular complexity index is 106. The zero-order valence-electron chi connectivity index (χ0n) is 3.55. The van der Waals surface area contributed by atoms with E-state index in [1.807, 2.05) is 4.97 Å². The van der Waals surface area contributed by atoms with Crippen molar-refractivity contribution >= 4 is 20.9 Å². The molecule has 0 spiro atoms. The first-order valence-electron chi connectivity index (χ1n) is 1.56. The third-order valence-electron chi connectivity index (χ3n) is 0.279. The van der Waals surface area contributed by atoms with Crippen LogP contribution in [0.3, 0.4) is 0 Å². The molecule has 2 N–H and O–H groups in total. The Balaban J connectivity index is 3.02. The summed E-state index contributed by atoms with van der Waals surface area (Å²) < 4.78 is 0. The Hall–Kier alpha value is -0.521. The molecule has 38 valence electrons. The molecule has 0 aromatic rings. The molecule has 0 heterocycles. The van der Waals surface area contributed by atoms with Gasteiger partial charge in [-0.15, -0.1) is 0 Å². The van der Waals surface area contributed by atoms with Gasteiger partial charge in [0.25, 0.3) is 0 Å². The molecule has 0 aromatic heterocycles. The summed E-state index contributed by atoms with van der Waals surface area (Å²) in [6, 6.07) is 0. The van der Waals surface area contributed by atoms with E-state index in [4.69, 9.17) is 11.0 Å². The summed E-state index contributed by atoms with van der Waals surface area (Å²) in [5.74, 6) is -0.387. The molecule has 0 saturated carbocycles. The topological polar surface area (TPSA) is 66.9 Å². The number of nitrogens with zero attached hydrogens (tertiary/aromatic N) is 1. The van der Waals surface area contributed by atoms with Gasteiger partial charge in [-0.2, -0.15) is 0 Å². The van der Waals surface area contributed by atoms with E-state index in [1.165, 1.54) is 0 Å². The van der Waals surface area contributed by atoms with Crippen LogP contribution in [0.2, 0.25) is 5.32 Å². The summed E-state index contributed by atoms with van der Waals surface area (Å²) in [7, 11) is 0. The van der Waals surface area contributed by atoms with Crippen LogP contribution in [-0.2, 0) is 4.79 Å². The second-order valence-corrected chi connectivity index (χ2v) is 2.44. The number of rotatable bonds is 2. The van der Waals surface area contributed by atoms with Crippen molar-refractivity contribution < 1.29 is 4.79 Å². The molecule has 0 aromatic carbocycles. The molecule has 0 unspecified atom stereocenters. The van der Waals surface area contributed by atoms with Gasteiger partial charge in [-0.25, -0.2) is 0 Å². The van der Waals surface area contributed by atoms with Crippen LogP contribution in [0.15, 0.2) is 0 Å². The molecule has 0 aliphatic heterocycles. The normalized spacial score (nSPS) is 7.29. The number of carbonyl (C=O) groups is 1. The predicted molar refractivity (Wildman–Crippen MR) is 25.4 cm³/mol. The molecule has 0 aliphatic carbocycles. The second-order valence-electron chi connectivity index (χ2n) is 0.846. The van der Waals surface area contributed by atoms with Crippen molar-refractivity contribution in [2.75, 3.05) is 0 Å². The third-order valence-corrected chi connectivity index (χ3v) is 1.45. The zero-order chi connectivity index (χ0) is 5.70. The van der Waals surface area contributed by atoms with E-state index in [2.05, 4.69) is 0 Å². The van der Waals surface area contributed by atoms with E-state index in [0.717, 1.165) is 0 Å². The monoisotopic (exact) mass is 164 g/mol. The quantitative estimate of drug-likeness (QED) is 0.534. The molecule has 3 nitrogen and oxygen atoms in total. The van der Waals surface area contributed by atoms with Crippen molar-refractivity contribution in [3.8, 4) is 4.97 Å². The first kappa shape index (κ1) is 6.48. The van der Waals surface area contributed by atoms with Gasteiger partial charge >= 0.3 is 46.9 Å². The summed E-state index contributed by atoms with van der Waals surface area (Å²) >= 11 is -0.230. The van der Waals surface area contributed by atoms with E-state index >= 15 is 0 Å². The van der Waals surface area contributed by atoms with Gasteiger partial charge in [0.2, 0.25) is 0 Å². The second kappa shape index (κ2) is 3.66. The van der Waals surface area contributed by atoms with E-state index in [1.54, 1.807) is 0 Å². The molecule has 0 bridgehead atoms. The van der Waals surface area contributed by atoms with E-state index in [-0.39, 0.29) is 26.2 Å². The first-order valence-corrected chi connectivity index (χ1v) is 3.63. The van der Waals surface area contributed by atoms with Crippen LogP contribution in [0, 0.1) is 10.2 Å². The third kappa shape index (κ3) is 5.48. The van der Waals surface area contributed by atoms with Crippen LogP contribution in [0.1, 0.15) is 0 Å². The number of amides is 1. The Morgan fingerprint density at radius 3 is 2.71 bits per heavy atom. The maximum atomic E-state index is 9.84. The number of hydrogen-bond donors (Lipinski definition) is 1. The van der Waals surface area contributed by atoms with Crippen molar-refractivity contribution in [2.45, 2.75) is 5.32 Å². The van der Waals surface area contributed by atoms with Gasteiger partial charge in [0.15, 0.2) is 0 Å². The summed E-state index contributed by atoms with van der Waals surface area (Å²) in [6.45, 7) is 0. The van der Waals surface area contributed by atoms with Crippen molar-refractivity contribution in [3.63, 3.8) is 0 Å². The Kier molecular flexibility index (Phi) is 3.39. The molecule has 7 heavy (non-hydrogen) atoms. The molecule has 0 fully saturated rings. The van der Waals surface area contributed by atoms with Gasteiger partial charge in [-0.1, -0.05) is 0 Å². The fourth-order valence-corrected chi connectivity index (χ4v) is 0.537. The summed E-state index contributed by atoms with van der Waals surface area (Å²) in [5, 5.41) is 8.12. The van der Waals surface area contributed by atoms with Crippen LogP contribution in [-0.4, -0.2) is 20.9 Å². The molecular formula is C3H4N2OSe. The number of primary amides is 1. The van der Waals surface area contributed by atoms with Crippen LogP contribution in [0.4, 0.5) is 0 Å². The number of nitriles is 1. The van der Waals surface area contributed by atoms with Crippen LogP contribution in [0.25, 0.3) is 0 Å². The van der Waals surface area contributed by atoms with Crippen molar-refractivity contribution in [3.05, 3.63) is 0 Å². The minimum atomic E-state index is -0.387. The van der Waals surface area contributed by atoms with E-state index in [0.29, 0.717) is 0 Å². The van der Waals surface area contributed by atoms with Crippen molar-refractivity contribution in [1.82, 2.24) is 0 Å². The average molecular weight is 163 g/mol. The summed E-state index contributed by atoms with van der Waals surface area (Å²) in [6.07, 6.45) is 0. The van der Waals surface area contributed by atoms with Crippen LogP contribution in [0.5, 0.6) is 0 Å². The molecular weight excluding hydrogens is 159 g/mol. The molecule has 1 amide bonds. The Labute approximate surface area is 47.6 Å². The van der Waals surface area contributed by atoms with Crippen LogP contribution < -0.4 is 5.73 Å². The molecule has 0 rings (SSSR count). The molecule has 0 radical (unpaired) electrons. The number of carbonyl (C=O) groups excluding carboxylic acids is 1. The number of hydrogen-bond acceptors (Lipinski definition) is 2. The maximum absolute atomic E-state index is 9.84. The van der Waals surface area contributed by atoms with Crippen molar-refractivity contribution in [1.29, 1.82) is 5.26 Å². The number of nitrogens with two attached hydrogens (primary N) is 1. The average Bonchev–Trinajstić information content (AvgIpc) is 1.61. The Morgan fingerprint density at radius 1 is 2.00 bits per heavy atom. The van der Waals surface area contributed by atoms with Gasteiger partial charge < -0.3 is 0 Å². The SMILES string of the molecule is N#C[Se]CC(N)=O. The Morgan fingerprint density at radius 2 is 2.57 bits per heavy atom. The van der Waals surface area contributed by atoms with Gasteiger partial charge in [-0.3, -0.25) is 0 Å². The van der Waals surface area contributed by atoms with Crippen LogP contribution >= 0.6 is 0 Å². The summed E-state index contributed by atoms with van der Waals surface area (Å²) in [4.78, 5) is 11.7. The standard InChI is InChI=1S/C3H4N2OSe/c4-2-7-1-3(5)6/h1H2,(H2,5,6). The van der Waals surface area contributed by atoms with Gasteiger partial charge in [0.05, 0.1) is 0 Å². The molecule has 0 atom stereocenters. The van der Waals surface area contributed by atoms with E-state index in [9.17, 15) is 4.79 Å². The first-order chi connectivity index (χ1) is 3.27. The molecule has 0 saturated heterocycles. The van der Waals surface area contributed by atoms with Gasteiger partial charge in [0, 0.05) is 0 Å². The van der Waals surface area contributed by atoms with Gasteiger partial charge in [-0.05, 0) is 0 Å². The predicted octanol–water partition coefficient (Wildman–Crippen LogP) is -0.925. The van der Waals surface area contributed by atoms with Crippen molar-refractivity contribution in [2.24, 2.45) is 5.73 Å². The molecule has 0 aliphatic rings. The fraction of sp³-hybridized carbons (Fsp3) is 0.333. The molecule has 4 heteroatoms.